The molecule has 0 saturated carbocycles. The van der Waals surface area contributed by atoms with Crippen molar-refractivity contribution in [3.8, 4) is 5.75 Å². The van der Waals surface area contributed by atoms with Crippen LogP contribution in [0.15, 0.2) is 21.3 Å². The maximum Gasteiger partial charge on any atom is 0.339 e. The van der Waals surface area contributed by atoms with Crippen LogP contribution in [0.5, 0.6) is 5.75 Å². The molecule has 0 radical (unpaired) electrons. The fourth-order valence-corrected chi connectivity index (χ4v) is 2.97. The van der Waals surface area contributed by atoms with E-state index in [1.54, 1.807) is 26.0 Å². The lowest BCUT2D eigenvalue weighted by Gasteiger charge is -2.24. The van der Waals surface area contributed by atoms with E-state index in [0.29, 0.717) is 22.5 Å². The van der Waals surface area contributed by atoms with Crippen LogP contribution in [0.1, 0.15) is 43.9 Å². The molecule has 152 valence electrons. The zero-order valence-electron chi connectivity index (χ0n) is 17.0. The highest BCUT2D eigenvalue weighted by Gasteiger charge is 2.22. The molecule has 28 heavy (non-hydrogen) atoms. The molecule has 2 rings (SSSR count). The fraction of sp³-hybridized carbons (Fsp3) is 0.476. The third kappa shape index (κ3) is 4.52. The summed E-state index contributed by atoms with van der Waals surface area (Å²) in [6.07, 6.45) is -0.678. The number of ether oxygens (including phenoxy) is 1. The van der Waals surface area contributed by atoms with E-state index in [-0.39, 0.29) is 12.3 Å². The largest absolute Gasteiger partial charge is 0.548 e. The smallest absolute Gasteiger partial charge is 0.339 e. The Morgan fingerprint density at radius 2 is 1.75 bits per heavy atom. The Morgan fingerprint density at radius 3 is 2.32 bits per heavy atom. The van der Waals surface area contributed by atoms with E-state index in [1.165, 1.54) is 6.92 Å². The number of carbonyl (C=O) groups excluding carboxylic acids is 2. The van der Waals surface area contributed by atoms with Gasteiger partial charge in [-0.25, -0.2) is 4.79 Å². The second-order valence-electron chi connectivity index (χ2n) is 7.47. The Bertz CT molecular complexity index is 960. The van der Waals surface area contributed by atoms with Gasteiger partial charge < -0.3 is 24.4 Å². The number of carboxylic acid groups (broad SMARTS) is 1. The molecule has 7 heteroatoms. The quantitative estimate of drug-likeness (QED) is 0.724. The number of hydrogen-bond donors (Lipinski definition) is 1. The molecule has 1 N–H and O–H groups in total. The SMILES string of the molecule is Cc1c(C)c2ccc(O[C@@H](C)C(=O)N[C@@H](CC(C)C)C(=O)[O-])c(C)c2oc1=O. The highest BCUT2D eigenvalue weighted by Crippen LogP contribution is 2.29. The van der Waals surface area contributed by atoms with Crippen LogP contribution in [-0.2, 0) is 9.59 Å². The number of aryl methyl sites for hydroxylation is 2. The molecule has 1 aromatic carbocycles. The van der Waals surface area contributed by atoms with Crippen LogP contribution in [0.4, 0.5) is 0 Å². The first-order valence-electron chi connectivity index (χ1n) is 9.24. The Labute approximate surface area is 163 Å². The van der Waals surface area contributed by atoms with Crippen LogP contribution >= 0.6 is 0 Å². The van der Waals surface area contributed by atoms with Crippen molar-refractivity contribution >= 4 is 22.8 Å². The van der Waals surface area contributed by atoms with Gasteiger partial charge in [0.1, 0.15) is 11.3 Å². The lowest BCUT2D eigenvalue weighted by molar-refractivity contribution is -0.308. The summed E-state index contributed by atoms with van der Waals surface area (Å²) >= 11 is 0. The molecule has 7 nitrogen and oxygen atoms in total. The van der Waals surface area contributed by atoms with E-state index < -0.39 is 29.6 Å². The second-order valence-corrected chi connectivity index (χ2v) is 7.47. The van der Waals surface area contributed by atoms with Crippen molar-refractivity contribution in [1.29, 1.82) is 0 Å². The molecule has 0 fully saturated rings. The van der Waals surface area contributed by atoms with Crippen LogP contribution < -0.4 is 20.8 Å². The Kier molecular flexibility index (Phi) is 6.48. The third-order valence-corrected chi connectivity index (χ3v) is 4.80. The zero-order valence-corrected chi connectivity index (χ0v) is 17.0. The molecular formula is C21H26NO6-. The van der Waals surface area contributed by atoms with E-state index in [2.05, 4.69) is 5.32 Å². The summed E-state index contributed by atoms with van der Waals surface area (Å²) in [5, 5.41) is 14.5. The molecule has 2 aromatic rings. The van der Waals surface area contributed by atoms with Gasteiger partial charge in [0.15, 0.2) is 6.10 Å². The van der Waals surface area contributed by atoms with E-state index in [4.69, 9.17) is 9.15 Å². The number of nitrogens with one attached hydrogen (secondary N) is 1. The molecule has 0 aliphatic heterocycles. The number of fused-ring (bicyclic) bond motifs is 1. The standard InChI is InChI=1S/C21H27NO6/c1-10(2)9-16(20(24)25)22-19(23)14(6)27-17-8-7-15-11(3)12(4)21(26)28-18(15)13(17)5/h7-8,10,14,16H,9H2,1-6H3,(H,22,23)(H,24,25)/p-1/t14-,16-/m0/s1. The van der Waals surface area contributed by atoms with Crippen LogP contribution in [0.25, 0.3) is 11.0 Å². The first-order chi connectivity index (χ1) is 13.0. The van der Waals surface area contributed by atoms with Gasteiger partial charge in [0.2, 0.25) is 0 Å². The van der Waals surface area contributed by atoms with E-state index >= 15 is 0 Å². The van der Waals surface area contributed by atoms with Gasteiger partial charge in [0, 0.05) is 16.5 Å². The summed E-state index contributed by atoms with van der Waals surface area (Å²) in [5.74, 6) is -1.42. The summed E-state index contributed by atoms with van der Waals surface area (Å²) in [5.41, 5.74) is 1.96. The Balaban J connectivity index is 2.25. The van der Waals surface area contributed by atoms with Crippen molar-refractivity contribution in [2.75, 3.05) is 0 Å². The molecule has 1 aromatic heterocycles. The molecule has 0 unspecified atom stereocenters. The monoisotopic (exact) mass is 388 g/mol. The molecule has 1 amide bonds. The van der Waals surface area contributed by atoms with Gasteiger partial charge in [-0.1, -0.05) is 13.8 Å². The van der Waals surface area contributed by atoms with Gasteiger partial charge in [-0.3, -0.25) is 4.79 Å². The molecule has 0 aliphatic carbocycles. The number of carboxylic acids is 1. The molecule has 0 aliphatic rings. The van der Waals surface area contributed by atoms with Gasteiger partial charge >= 0.3 is 5.63 Å². The molecule has 1 heterocycles. The van der Waals surface area contributed by atoms with E-state index in [0.717, 1.165) is 10.9 Å². The lowest BCUT2D eigenvalue weighted by Crippen LogP contribution is -2.51. The normalized spacial score (nSPS) is 13.4. The van der Waals surface area contributed by atoms with Gasteiger partial charge in [0.25, 0.3) is 5.91 Å². The number of carbonyl (C=O) groups is 2. The molecule has 0 saturated heterocycles. The number of hydrogen-bond acceptors (Lipinski definition) is 6. The second kappa shape index (κ2) is 8.46. The summed E-state index contributed by atoms with van der Waals surface area (Å²) in [7, 11) is 0. The minimum absolute atomic E-state index is 0.0803. The predicted octanol–water partition coefficient (Wildman–Crippen LogP) is 1.77. The van der Waals surface area contributed by atoms with Crippen molar-refractivity contribution in [3.05, 3.63) is 39.2 Å². The number of rotatable bonds is 7. The minimum atomic E-state index is -1.33. The third-order valence-electron chi connectivity index (χ3n) is 4.80. The topological polar surface area (TPSA) is 109 Å². The summed E-state index contributed by atoms with van der Waals surface area (Å²) in [6.45, 7) is 10.5. The maximum absolute atomic E-state index is 12.4. The Hall–Kier alpha value is -2.83. The zero-order chi connectivity index (χ0) is 21.2. The summed E-state index contributed by atoms with van der Waals surface area (Å²) in [6, 6.07) is 2.40. The van der Waals surface area contributed by atoms with Crippen molar-refractivity contribution in [1.82, 2.24) is 5.32 Å². The fourth-order valence-electron chi connectivity index (χ4n) is 2.97. The van der Waals surface area contributed by atoms with Crippen LogP contribution in [0, 0.1) is 26.7 Å². The van der Waals surface area contributed by atoms with Gasteiger partial charge in [0.05, 0.1) is 12.0 Å². The number of benzene rings is 1. The van der Waals surface area contributed by atoms with Gasteiger partial charge in [-0.15, -0.1) is 0 Å². The first kappa shape index (κ1) is 21.5. The summed E-state index contributed by atoms with van der Waals surface area (Å²) in [4.78, 5) is 35.6. The average molecular weight is 388 g/mol. The summed E-state index contributed by atoms with van der Waals surface area (Å²) < 4.78 is 11.1. The van der Waals surface area contributed by atoms with Crippen LogP contribution in [0.2, 0.25) is 0 Å². The molecule has 0 spiro atoms. The van der Waals surface area contributed by atoms with Crippen molar-refractivity contribution < 1.29 is 23.8 Å². The predicted molar refractivity (Wildman–Crippen MR) is 103 cm³/mol. The number of amides is 1. The highest BCUT2D eigenvalue weighted by molar-refractivity contribution is 5.87. The van der Waals surface area contributed by atoms with Crippen molar-refractivity contribution in [3.63, 3.8) is 0 Å². The van der Waals surface area contributed by atoms with Crippen molar-refractivity contribution in [2.45, 2.75) is 60.1 Å². The van der Waals surface area contributed by atoms with E-state index in [9.17, 15) is 19.5 Å². The highest BCUT2D eigenvalue weighted by atomic mass is 16.5. The van der Waals surface area contributed by atoms with E-state index in [1.807, 2.05) is 20.8 Å². The molecule has 2 atom stereocenters. The minimum Gasteiger partial charge on any atom is -0.548 e. The number of aliphatic carboxylic acids is 1. The van der Waals surface area contributed by atoms with Gasteiger partial charge in [-0.05, 0) is 57.7 Å². The van der Waals surface area contributed by atoms with Crippen molar-refractivity contribution in [2.24, 2.45) is 5.92 Å². The molecule has 0 bridgehead atoms. The lowest BCUT2D eigenvalue weighted by atomic mass is 10.0. The first-order valence-corrected chi connectivity index (χ1v) is 9.24. The van der Waals surface area contributed by atoms with Crippen LogP contribution in [-0.4, -0.2) is 24.0 Å². The van der Waals surface area contributed by atoms with Gasteiger partial charge in [-0.2, -0.15) is 0 Å². The average Bonchev–Trinajstić information content (AvgIpc) is 2.61. The maximum atomic E-state index is 12.4. The molecular weight excluding hydrogens is 362 g/mol. The van der Waals surface area contributed by atoms with Crippen LogP contribution in [0.3, 0.4) is 0 Å². The Morgan fingerprint density at radius 1 is 1.11 bits per heavy atom.